The number of aliphatic hydroxyl groups is 1. The van der Waals surface area contributed by atoms with E-state index in [-0.39, 0.29) is 5.60 Å². The molecule has 0 aromatic rings. The summed E-state index contributed by atoms with van der Waals surface area (Å²) in [6, 6.07) is 0. The fourth-order valence-electron chi connectivity index (χ4n) is 2.76. The highest BCUT2D eigenvalue weighted by molar-refractivity contribution is 5.19. The minimum absolute atomic E-state index is 0.337. The van der Waals surface area contributed by atoms with Gasteiger partial charge in [0.25, 0.3) is 0 Å². The highest BCUT2D eigenvalue weighted by Gasteiger charge is 2.49. The summed E-state index contributed by atoms with van der Waals surface area (Å²) in [5.74, 6) is 0.961. The van der Waals surface area contributed by atoms with Gasteiger partial charge in [0.05, 0.1) is 5.60 Å². The van der Waals surface area contributed by atoms with Crippen LogP contribution in [0.3, 0.4) is 0 Å². The van der Waals surface area contributed by atoms with Crippen molar-refractivity contribution >= 4 is 0 Å². The van der Waals surface area contributed by atoms with Crippen molar-refractivity contribution in [3.05, 3.63) is 12.2 Å². The largest absolute Gasteiger partial charge is 0.389 e. The van der Waals surface area contributed by atoms with Crippen LogP contribution in [-0.2, 0) is 0 Å². The Labute approximate surface area is 74.5 Å². The zero-order valence-electron chi connectivity index (χ0n) is 7.79. The first-order valence-corrected chi connectivity index (χ1v) is 5.18. The van der Waals surface area contributed by atoms with Gasteiger partial charge in [-0.2, -0.15) is 0 Å². The molecule has 1 fully saturated rings. The second kappa shape index (κ2) is 2.88. The highest BCUT2D eigenvalue weighted by Crippen LogP contribution is 2.49. The van der Waals surface area contributed by atoms with E-state index >= 15 is 0 Å². The molecule has 2 atom stereocenters. The molecule has 0 saturated heterocycles. The third-order valence-electron chi connectivity index (χ3n) is 3.58. The molecule has 2 unspecified atom stereocenters. The standard InChI is InChI=1S/C11H18O/c1-2-3-8-11(12)9-4-5-10(11)7-6-9/h4-5,9-10,12H,2-3,6-8H2,1H3. The zero-order valence-corrected chi connectivity index (χ0v) is 7.79. The summed E-state index contributed by atoms with van der Waals surface area (Å²) in [4.78, 5) is 0. The lowest BCUT2D eigenvalue weighted by molar-refractivity contribution is -0.00685. The van der Waals surface area contributed by atoms with E-state index in [0.29, 0.717) is 11.8 Å². The lowest BCUT2D eigenvalue weighted by atomic mass is 9.85. The predicted octanol–water partition coefficient (Wildman–Crippen LogP) is 2.50. The Morgan fingerprint density at radius 1 is 1.33 bits per heavy atom. The van der Waals surface area contributed by atoms with Gasteiger partial charge in [-0.05, 0) is 19.3 Å². The van der Waals surface area contributed by atoms with Crippen LogP contribution in [0.2, 0.25) is 0 Å². The Kier molecular flexibility index (Phi) is 1.99. The Morgan fingerprint density at radius 2 is 1.92 bits per heavy atom. The summed E-state index contributed by atoms with van der Waals surface area (Å²) in [5, 5.41) is 10.4. The molecule has 1 nitrogen and oxygen atoms in total. The summed E-state index contributed by atoms with van der Waals surface area (Å²) in [6.45, 7) is 2.19. The Hall–Kier alpha value is -0.300. The van der Waals surface area contributed by atoms with E-state index in [0.717, 1.165) is 6.42 Å². The van der Waals surface area contributed by atoms with Crippen LogP contribution >= 0.6 is 0 Å². The molecule has 68 valence electrons. The van der Waals surface area contributed by atoms with Gasteiger partial charge in [0.2, 0.25) is 0 Å². The van der Waals surface area contributed by atoms with Gasteiger partial charge in [-0.1, -0.05) is 31.9 Å². The molecule has 2 aliphatic rings. The van der Waals surface area contributed by atoms with Crippen LogP contribution in [0.5, 0.6) is 0 Å². The van der Waals surface area contributed by atoms with E-state index in [1.165, 1.54) is 25.7 Å². The molecular formula is C11H18O. The van der Waals surface area contributed by atoms with Gasteiger partial charge in [0, 0.05) is 11.8 Å². The summed E-state index contributed by atoms with van der Waals surface area (Å²) >= 11 is 0. The normalized spacial score (nSPS) is 44.2. The van der Waals surface area contributed by atoms with Crippen molar-refractivity contribution in [3.63, 3.8) is 0 Å². The van der Waals surface area contributed by atoms with E-state index in [2.05, 4.69) is 19.1 Å². The predicted molar refractivity (Wildman–Crippen MR) is 49.8 cm³/mol. The molecule has 1 N–H and O–H groups in total. The molecule has 0 heterocycles. The van der Waals surface area contributed by atoms with Crippen molar-refractivity contribution in [2.45, 2.75) is 44.6 Å². The van der Waals surface area contributed by atoms with Gasteiger partial charge >= 0.3 is 0 Å². The number of unbranched alkanes of at least 4 members (excludes halogenated alkanes) is 1. The van der Waals surface area contributed by atoms with Crippen LogP contribution in [0.15, 0.2) is 12.2 Å². The van der Waals surface area contributed by atoms with E-state index in [1.54, 1.807) is 0 Å². The number of hydrogen-bond acceptors (Lipinski definition) is 1. The molecular weight excluding hydrogens is 148 g/mol. The molecule has 2 bridgehead atoms. The number of hydrogen-bond donors (Lipinski definition) is 1. The Bertz CT molecular complexity index is 181. The maximum Gasteiger partial charge on any atom is 0.0772 e. The van der Waals surface area contributed by atoms with Gasteiger partial charge < -0.3 is 5.11 Å². The topological polar surface area (TPSA) is 20.2 Å². The molecule has 0 spiro atoms. The van der Waals surface area contributed by atoms with Crippen molar-refractivity contribution in [1.82, 2.24) is 0 Å². The monoisotopic (exact) mass is 166 g/mol. The maximum absolute atomic E-state index is 10.4. The maximum atomic E-state index is 10.4. The molecule has 0 aliphatic heterocycles. The first-order chi connectivity index (χ1) is 5.77. The van der Waals surface area contributed by atoms with Crippen LogP contribution in [0.25, 0.3) is 0 Å². The third kappa shape index (κ3) is 1.03. The smallest absolute Gasteiger partial charge is 0.0772 e. The van der Waals surface area contributed by atoms with Crippen molar-refractivity contribution in [2.24, 2.45) is 11.8 Å². The average Bonchev–Trinajstić information content (AvgIpc) is 2.57. The second-order valence-corrected chi connectivity index (χ2v) is 4.27. The first kappa shape index (κ1) is 8.31. The summed E-state index contributed by atoms with van der Waals surface area (Å²) in [6.07, 6.45) is 10.2. The second-order valence-electron chi connectivity index (χ2n) is 4.27. The third-order valence-corrected chi connectivity index (χ3v) is 3.58. The molecule has 1 heteroatoms. The van der Waals surface area contributed by atoms with Crippen molar-refractivity contribution in [1.29, 1.82) is 0 Å². The van der Waals surface area contributed by atoms with Crippen LogP contribution in [0.4, 0.5) is 0 Å². The zero-order chi connectivity index (χ0) is 8.60. The minimum Gasteiger partial charge on any atom is -0.389 e. The summed E-state index contributed by atoms with van der Waals surface area (Å²) in [5.41, 5.74) is -0.337. The molecule has 1 saturated carbocycles. The van der Waals surface area contributed by atoms with Gasteiger partial charge in [0.1, 0.15) is 0 Å². The van der Waals surface area contributed by atoms with Gasteiger partial charge in [-0.25, -0.2) is 0 Å². The van der Waals surface area contributed by atoms with E-state index in [1.807, 2.05) is 0 Å². The first-order valence-electron chi connectivity index (χ1n) is 5.18. The minimum atomic E-state index is -0.337. The summed E-state index contributed by atoms with van der Waals surface area (Å²) in [7, 11) is 0. The molecule has 0 aromatic heterocycles. The van der Waals surface area contributed by atoms with E-state index in [4.69, 9.17) is 0 Å². The van der Waals surface area contributed by atoms with Gasteiger partial charge in [-0.15, -0.1) is 0 Å². The van der Waals surface area contributed by atoms with E-state index in [9.17, 15) is 5.11 Å². The fraction of sp³-hybridized carbons (Fsp3) is 0.818. The van der Waals surface area contributed by atoms with Gasteiger partial charge in [-0.3, -0.25) is 0 Å². The Morgan fingerprint density at radius 3 is 2.33 bits per heavy atom. The fourth-order valence-corrected chi connectivity index (χ4v) is 2.76. The molecule has 12 heavy (non-hydrogen) atoms. The molecule has 0 amide bonds. The molecule has 2 rings (SSSR count). The van der Waals surface area contributed by atoms with Crippen LogP contribution < -0.4 is 0 Å². The summed E-state index contributed by atoms with van der Waals surface area (Å²) < 4.78 is 0. The quantitative estimate of drug-likeness (QED) is 0.639. The van der Waals surface area contributed by atoms with Gasteiger partial charge in [0.15, 0.2) is 0 Å². The van der Waals surface area contributed by atoms with Crippen molar-refractivity contribution < 1.29 is 5.11 Å². The lowest BCUT2D eigenvalue weighted by Crippen LogP contribution is -2.34. The van der Waals surface area contributed by atoms with Crippen LogP contribution in [0.1, 0.15) is 39.0 Å². The van der Waals surface area contributed by atoms with E-state index < -0.39 is 0 Å². The number of fused-ring (bicyclic) bond motifs is 2. The number of rotatable bonds is 3. The average molecular weight is 166 g/mol. The van der Waals surface area contributed by atoms with Crippen LogP contribution in [0, 0.1) is 11.8 Å². The SMILES string of the molecule is CCCCC1(O)C2C=CC1CC2. The lowest BCUT2D eigenvalue weighted by Gasteiger charge is -2.28. The van der Waals surface area contributed by atoms with Crippen molar-refractivity contribution in [3.8, 4) is 0 Å². The van der Waals surface area contributed by atoms with Crippen molar-refractivity contribution in [2.75, 3.05) is 0 Å². The van der Waals surface area contributed by atoms with Crippen LogP contribution in [-0.4, -0.2) is 10.7 Å². The highest BCUT2D eigenvalue weighted by atomic mass is 16.3. The molecule has 2 aliphatic carbocycles. The molecule has 0 aromatic carbocycles. The Balaban J connectivity index is 2.03. The molecule has 0 radical (unpaired) electrons.